The third kappa shape index (κ3) is 3.07. The maximum absolute atomic E-state index is 14.2. The van der Waals surface area contributed by atoms with Crippen molar-refractivity contribution in [2.45, 2.75) is 32.9 Å². The van der Waals surface area contributed by atoms with Gasteiger partial charge in [0.15, 0.2) is 5.67 Å². The second kappa shape index (κ2) is 5.69. The van der Waals surface area contributed by atoms with Gasteiger partial charge < -0.3 is 9.14 Å². The first-order valence-electron chi connectivity index (χ1n) is 7.67. The van der Waals surface area contributed by atoms with Crippen LogP contribution in [0.4, 0.5) is 4.39 Å². The third-order valence-corrected chi connectivity index (χ3v) is 4.06. The van der Waals surface area contributed by atoms with Crippen LogP contribution in [0.1, 0.15) is 36.4 Å². The molecule has 0 unspecified atom stereocenters. The number of alkyl halides is 1. The van der Waals surface area contributed by atoms with Crippen molar-refractivity contribution in [3.05, 3.63) is 65.2 Å². The fourth-order valence-corrected chi connectivity index (χ4v) is 2.78. The van der Waals surface area contributed by atoms with E-state index in [2.05, 4.69) is 23.2 Å². The van der Waals surface area contributed by atoms with Gasteiger partial charge in [0.2, 0.25) is 0 Å². The molecule has 0 saturated carbocycles. The molecule has 2 heterocycles. The zero-order chi connectivity index (χ0) is 16.6. The summed E-state index contributed by atoms with van der Waals surface area (Å²) in [4.78, 5) is 4.25. The lowest BCUT2D eigenvalue weighted by molar-refractivity contribution is 0.205. The molecule has 0 spiro atoms. The molecule has 1 aromatic carbocycles. The van der Waals surface area contributed by atoms with E-state index in [-0.39, 0.29) is 0 Å². The number of imidazole rings is 1. The Bertz CT molecular complexity index is 829. The summed E-state index contributed by atoms with van der Waals surface area (Å²) < 4.78 is 21.3. The maximum atomic E-state index is 14.2. The van der Waals surface area contributed by atoms with Gasteiger partial charge in [-0.05, 0) is 62.1 Å². The number of benzene rings is 1. The minimum atomic E-state index is -1.46. The van der Waals surface area contributed by atoms with E-state index in [4.69, 9.17) is 4.74 Å². The van der Waals surface area contributed by atoms with Gasteiger partial charge in [0.1, 0.15) is 11.6 Å². The molecular weight excluding hydrogens is 291 g/mol. The van der Waals surface area contributed by atoms with Crippen LogP contribution in [0.3, 0.4) is 0 Å². The summed E-state index contributed by atoms with van der Waals surface area (Å²) in [5, 5.41) is 0. The zero-order valence-corrected chi connectivity index (χ0v) is 13.9. The summed E-state index contributed by atoms with van der Waals surface area (Å²) in [5.41, 5.74) is 3.00. The van der Waals surface area contributed by atoms with Crippen LogP contribution in [0.25, 0.3) is 5.52 Å². The summed E-state index contributed by atoms with van der Waals surface area (Å²) in [5.74, 6) is 1.29. The lowest BCUT2D eigenvalue weighted by atomic mass is 10.0. The highest BCUT2D eigenvalue weighted by atomic mass is 19.1. The molecule has 3 rings (SSSR count). The summed E-state index contributed by atoms with van der Waals surface area (Å²) >= 11 is 0. The van der Waals surface area contributed by atoms with Crippen LogP contribution in [-0.4, -0.2) is 16.5 Å². The van der Waals surface area contributed by atoms with E-state index in [9.17, 15) is 4.39 Å². The van der Waals surface area contributed by atoms with Gasteiger partial charge in [-0.25, -0.2) is 9.37 Å². The van der Waals surface area contributed by atoms with Crippen molar-refractivity contribution in [2.75, 3.05) is 7.11 Å². The first-order chi connectivity index (χ1) is 10.9. The number of aryl methyl sites for hydroxylation is 1. The van der Waals surface area contributed by atoms with Crippen molar-refractivity contribution in [2.24, 2.45) is 0 Å². The Hall–Kier alpha value is -2.36. The van der Waals surface area contributed by atoms with E-state index in [0.717, 1.165) is 23.3 Å². The van der Waals surface area contributed by atoms with Crippen LogP contribution in [0.2, 0.25) is 0 Å². The number of aromatic nitrogens is 2. The molecule has 3 aromatic rings. The first-order valence-corrected chi connectivity index (χ1v) is 7.67. The van der Waals surface area contributed by atoms with Gasteiger partial charge in [-0.15, -0.1) is 0 Å². The number of halogens is 1. The number of nitrogens with zero attached hydrogens (tertiary/aromatic N) is 2. The summed E-state index contributed by atoms with van der Waals surface area (Å²) in [7, 11) is 1.66. The molecule has 0 aliphatic rings. The minimum Gasteiger partial charge on any atom is -0.497 e. The van der Waals surface area contributed by atoms with Crippen molar-refractivity contribution < 1.29 is 9.13 Å². The standard InChI is InChI=1S/C19H21FN2O/c1-13-12-22-16(11-21-18(22)19(2,3)20)10-15(13)9-14-5-7-17(23-4)8-6-14/h5-8,10-12H,9H2,1-4H3. The Morgan fingerprint density at radius 1 is 1.22 bits per heavy atom. The van der Waals surface area contributed by atoms with Crippen LogP contribution < -0.4 is 4.74 Å². The predicted octanol–water partition coefficient (Wildman–Crippen LogP) is 4.45. The highest BCUT2D eigenvalue weighted by molar-refractivity contribution is 5.52. The Labute approximate surface area is 135 Å². The van der Waals surface area contributed by atoms with E-state index >= 15 is 0 Å². The number of hydrogen-bond donors (Lipinski definition) is 0. The number of rotatable bonds is 4. The average molecular weight is 312 g/mol. The van der Waals surface area contributed by atoms with Crippen molar-refractivity contribution in [3.8, 4) is 5.75 Å². The summed E-state index contributed by atoms with van der Waals surface area (Å²) in [6.45, 7) is 5.11. The predicted molar refractivity (Wildman–Crippen MR) is 89.9 cm³/mol. The molecule has 23 heavy (non-hydrogen) atoms. The van der Waals surface area contributed by atoms with Crippen molar-refractivity contribution in [1.29, 1.82) is 0 Å². The topological polar surface area (TPSA) is 26.5 Å². The van der Waals surface area contributed by atoms with E-state index in [1.807, 2.05) is 29.7 Å². The molecule has 0 atom stereocenters. The van der Waals surface area contributed by atoms with Gasteiger partial charge in [0.25, 0.3) is 0 Å². The van der Waals surface area contributed by atoms with Gasteiger partial charge >= 0.3 is 0 Å². The normalized spacial score (nSPS) is 11.9. The van der Waals surface area contributed by atoms with E-state index < -0.39 is 5.67 Å². The Balaban J connectivity index is 1.97. The van der Waals surface area contributed by atoms with E-state index in [1.54, 1.807) is 13.3 Å². The van der Waals surface area contributed by atoms with Crippen molar-refractivity contribution in [1.82, 2.24) is 9.38 Å². The fourth-order valence-electron chi connectivity index (χ4n) is 2.78. The number of ether oxygens (including phenoxy) is 1. The van der Waals surface area contributed by atoms with Gasteiger partial charge in [-0.2, -0.15) is 0 Å². The van der Waals surface area contributed by atoms with Crippen molar-refractivity contribution >= 4 is 5.52 Å². The monoisotopic (exact) mass is 312 g/mol. The summed E-state index contributed by atoms with van der Waals surface area (Å²) in [6.07, 6.45) is 4.53. The molecule has 0 saturated heterocycles. The van der Waals surface area contributed by atoms with Crippen LogP contribution >= 0.6 is 0 Å². The lowest BCUT2D eigenvalue weighted by Crippen LogP contribution is -2.14. The summed E-state index contributed by atoms with van der Waals surface area (Å²) in [6, 6.07) is 10.1. The number of fused-ring (bicyclic) bond motifs is 1. The van der Waals surface area contributed by atoms with Gasteiger partial charge in [-0.1, -0.05) is 12.1 Å². The number of methoxy groups -OCH3 is 1. The van der Waals surface area contributed by atoms with Crippen molar-refractivity contribution in [3.63, 3.8) is 0 Å². The molecule has 0 aliphatic heterocycles. The minimum absolute atomic E-state index is 0.437. The molecule has 2 aromatic heterocycles. The molecular formula is C19H21FN2O. The van der Waals surface area contributed by atoms with E-state index in [0.29, 0.717) is 5.82 Å². The van der Waals surface area contributed by atoms with Gasteiger partial charge in [0, 0.05) is 6.20 Å². The highest BCUT2D eigenvalue weighted by Crippen LogP contribution is 2.26. The fraction of sp³-hybridized carbons (Fsp3) is 0.316. The lowest BCUT2D eigenvalue weighted by Gasteiger charge is -2.14. The molecule has 4 heteroatoms. The van der Waals surface area contributed by atoms with Crippen LogP contribution in [-0.2, 0) is 12.1 Å². The quantitative estimate of drug-likeness (QED) is 0.711. The third-order valence-electron chi connectivity index (χ3n) is 4.06. The highest BCUT2D eigenvalue weighted by Gasteiger charge is 2.24. The average Bonchev–Trinajstić information content (AvgIpc) is 2.91. The van der Waals surface area contributed by atoms with Crippen LogP contribution in [0.5, 0.6) is 5.75 Å². The largest absolute Gasteiger partial charge is 0.497 e. The zero-order valence-electron chi connectivity index (χ0n) is 13.9. The second-order valence-corrected chi connectivity index (χ2v) is 6.36. The smallest absolute Gasteiger partial charge is 0.163 e. The molecule has 0 amide bonds. The molecule has 120 valence electrons. The molecule has 0 N–H and O–H groups in total. The number of hydrogen-bond acceptors (Lipinski definition) is 2. The second-order valence-electron chi connectivity index (χ2n) is 6.36. The van der Waals surface area contributed by atoms with Gasteiger partial charge in [-0.3, -0.25) is 0 Å². The Kier molecular flexibility index (Phi) is 3.84. The van der Waals surface area contributed by atoms with Gasteiger partial charge in [0.05, 0.1) is 18.8 Å². The molecule has 0 aliphatic carbocycles. The molecule has 0 fully saturated rings. The SMILES string of the molecule is COc1ccc(Cc2cc3cnc(C(C)(C)F)n3cc2C)cc1. The Morgan fingerprint density at radius 3 is 2.52 bits per heavy atom. The molecule has 3 nitrogen and oxygen atoms in total. The molecule has 0 bridgehead atoms. The Morgan fingerprint density at radius 2 is 1.91 bits per heavy atom. The number of pyridine rings is 1. The van der Waals surface area contributed by atoms with Crippen LogP contribution in [0, 0.1) is 6.92 Å². The maximum Gasteiger partial charge on any atom is 0.163 e. The first kappa shape index (κ1) is 15.5. The van der Waals surface area contributed by atoms with Crippen LogP contribution in [0.15, 0.2) is 42.7 Å². The van der Waals surface area contributed by atoms with E-state index in [1.165, 1.54) is 25.0 Å². The molecule has 0 radical (unpaired) electrons.